The summed E-state index contributed by atoms with van der Waals surface area (Å²) >= 11 is 1.52. The average Bonchev–Trinajstić information content (AvgIpc) is 3.00. The lowest BCUT2D eigenvalue weighted by Gasteiger charge is -2.38. The monoisotopic (exact) mass is 357 g/mol. The molecule has 1 atom stereocenters. The van der Waals surface area contributed by atoms with Crippen LogP contribution in [-0.2, 0) is 13.0 Å². The summed E-state index contributed by atoms with van der Waals surface area (Å²) in [7, 11) is 1.79. The van der Waals surface area contributed by atoms with Crippen molar-refractivity contribution >= 4 is 16.5 Å². The minimum Gasteiger partial charge on any atom is -0.365 e. The van der Waals surface area contributed by atoms with E-state index in [0.717, 1.165) is 22.4 Å². The summed E-state index contributed by atoms with van der Waals surface area (Å²) < 4.78 is 41.3. The highest BCUT2D eigenvalue weighted by Crippen LogP contribution is 2.36. The molecule has 9 heteroatoms. The zero-order valence-corrected chi connectivity index (χ0v) is 14.0. The molecule has 1 saturated heterocycles. The topological polar surface area (TPSA) is 53.9 Å². The van der Waals surface area contributed by atoms with E-state index >= 15 is 0 Å². The molecule has 3 heterocycles. The first-order chi connectivity index (χ1) is 11.5. The highest BCUT2D eigenvalue weighted by molar-refractivity contribution is 7.15. The molecule has 0 radical (unpaired) electrons. The lowest BCUT2D eigenvalue weighted by atomic mass is 9.90. The fourth-order valence-electron chi connectivity index (χ4n) is 2.79. The Bertz CT molecular complexity index is 676. The SMILES string of the molecule is CNc1ncc(CN2CCC(F)(F)C(Cc3ncc(F)cn3)C2)s1. The van der Waals surface area contributed by atoms with E-state index in [-0.39, 0.29) is 25.2 Å². The van der Waals surface area contributed by atoms with Crippen molar-refractivity contribution in [3.8, 4) is 0 Å². The highest BCUT2D eigenvalue weighted by Gasteiger charge is 2.44. The number of nitrogens with zero attached hydrogens (tertiary/aromatic N) is 4. The number of hydrogen-bond donors (Lipinski definition) is 1. The quantitative estimate of drug-likeness (QED) is 0.892. The van der Waals surface area contributed by atoms with Crippen LogP contribution in [0.25, 0.3) is 0 Å². The van der Waals surface area contributed by atoms with Crippen LogP contribution in [0.3, 0.4) is 0 Å². The van der Waals surface area contributed by atoms with E-state index < -0.39 is 17.7 Å². The molecule has 1 aliphatic heterocycles. The molecule has 24 heavy (non-hydrogen) atoms. The molecule has 130 valence electrons. The van der Waals surface area contributed by atoms with E-state index in [2.05, 4.69) is 20.3 Å². The van der Waals surface area contributed by atoms with Crippen LogP contribution < -0.4 is 5.32 Å². The molecule has 0 bridgehead atoms. The van der Waals surface area contributed by atoms with E-state index in [1.165, 1.54) is 11.3 Å². The second-order valence-electron chi connectivity index (χ2n) is 5.85. The molecule has 5 nitrogen and oxygen atoms in total. The van der Waals surface area contributed by atoms with Crippen LogP contribution >= 0.6 is 11.3 Å². The van der Waals surface area contributed by atoms with E-state index in [1.807, 2.05) is 4.90 Å². The molecule has 1 fully saturated rings. The molecule has 0 amide bonds. The summed E-state index contributed by atoms with van der Waals surface area (Å²) in [5, 5.41) is 3.77. The second-order valence-corrected chi connectivity index (χ2v) is 6.96. The average molecular weight is 357 g/mol. The molecule has 2 aromatic heterocycles. The molecule has 1 aliphatic rings. The van der Waals surface area contributed by atoms with E-state index in [9.17, 15) is 13.2 Å². The van der Waals surface area contributed by atoms with E-state index in [1.54, 1.807) is 13.2 Å². The Morgan fingerprint density at radius 1 is 1.29 bits per heavy atom. The Labute approximate surface area is 142 Å². The smallest absolute Gasteiger partial charge is 0.253 e. The molecule has 3 rings (SSSR count). The summed E-state index contributed by atoms with van der Waals surface area (Å²) in [5.74, 6) is -3.97. The van der Waals surface area contributed by atoms with Crippen LogP contribution in [-0.4, -0.2) is 45.9 Å². The molecule has 0 spiro atoms. The van der Waals surface area contributed by atoms with Crippen molar-refractivity contribution in [2.45, 2.75) is 25.3 Å². The van der Waals surface area contributed by atoms with E-state index in [4.69, 9.17) is 0 Å². The lowest BCUT2D eigenvalue weighted by molar-refractivity contribution is -0.107. The number of thiazole rings is 1. The second kappa shape index (κ2) is 7.02. The van der Waals surface area contributed by atoms with Gasteiger partial charge in [-0.3, -0.25) is 4.90 Å². The maximum atomic E-state index is 14.2. The number of nitrogens with one attached hydrogen (secondary N) is 1. The van der Waals surface area contributed by atoms with Crippen molar-refractivity contribution in [3.63, 3.8) is 0 Å². The van der Waals surface area contributed by atoms with Gasteiger partial charge < -0.3 is 5.32 Å². The summed E-state index contributed by atoms with van der Waals surface area (Å²) in [6, 6.07) is 0. The third-order valence-corrected chi connectivity index (χ3v) is 5.09. The maximum absolute atomic E-state index is 14.2. The number of anilines is 1. The van der Waals surface area contributed by atoms with Gasteiger partial charge in [-0.25, -0.2) is 28.1 Å². The van der Waals surface area contributed by atoms with Crippen molar-refractivity contribution in [2.24, 2.45) is 5.92 Å². The van der Waals surface area contributed by atoms with Crippen molar-refractivity contribution in [1.82, 2.24) is 19.9 Å². The molecule has 2 aromatic rings. The van der Waals surface area contributed by atoms with Crippen molar-refractivity contribution in [2.75, 3.05) is 25.5 Å². The normalized spacial score (nSPS) is 20.9. The number of alkyl halides is 2. The van der Waals surface area contributed by atoms with Crippen molar-refractivity contribution < 1.29 is 13.2 Å². The third-order valence-electron chi connectivity index (χ3n) is 4.09. The van der Waals surface area contributed by atoms with Gasteiger partial charge in [-0.05, 0) is 0 Å². The number of aromatic nitrogens is 3. The van der Waals surface area contributed by atoms with Gasteiger partial charge in [0.05, 0.1) is 12.4 Å². The summed E-state index contributed by atoms with van der Waals surface area (Å²) in [5.41, 5.74) is 0. The molecule has 0 aliphatic carbocycles. The summed E-state index contributed by atoms with van der Waals surface area (Å²) in [4.78, 5) is 14.8. The summed E-state index contributed by atoms with van der Waals surface area (Å²) in [6.45, 7) is 1.18. The number of likely N-dealkylation sites (tertiary alicyclic amines) is 1. The zero-order chi connectivity index (χ0) is 17.2. The summed E-state index contributed by atoms with van der Waals surface area (Å²) in [6.07, 6.45) is 3.63. The van der Waals surface area contributed by atoms with Gasteiger partial charge in [0.1, 0.15) is 5.82 Å². The molecule has 1 N–H and O–H groups in total. The number of halogens is 3. The van der Waals surface area contributed by atoms with Gasteiger partial charge in [-0.1, -0.05) is 0 Å². The van der Waals surface area contributed by atoms with Crippen molar-refractivity contribution in [3.05, 3.63) is 35.1 Å². The minimum atomic E-state index is -2.77. The fraction of sp³-hybridized carbons (Fsp3) is 0.533. The molecule has 0 aromatic carbocycles. The Balaban J connectivity index is 1.66. The predicted octanol–water partition coefficient (Wildman–Crippen LogP) is 2.81. The van der Waals surface area contributed by atoms with Gasteiger partial charge in [0.25, 0.3) is 5.92 Å². The van der Waals surface area contributed by atoms with Gasteiger partial charge in [-0.2, -0.15) is 0 Å². The first-order valence-electron chi connectivity index (χ1n) is 7.65. The maximum Gasteiger partial charge on any atom is 0.253 e. The fourth-order valence-corrected chi connectivity index (χ4v) is 3.60. The van der Waals surface area contributed by atoms with Gasteiger partial charge in [-0.15, -0.1) is 11.3 Å². The zero-order valence-electron chi connectivity index (χ0n) is 13.2. The van der Waals surface area contributed by atoms with E-state index in [0.29, 0.717) is 13.1 Å². The first-order valence-corrected chi connectivity index (χ1v) is 8.47. The van der Waals surface area contributed by atoms with Crippen molar-refractivity contribution in [1.29, 1.82) is 0 Å². The Hall–Kier alpha value is -1.74. The minimum absolute atomic E-state index is 0.0359. The molecular weight excluding hydrogens is 339 g/mol. The van der Waals surface area contributed by atoms with Gasteiger partial charge >= 0.3 is 0 Å². The Morgan fingerprint density at radius 3 is 2.71 bits per heavy atom. The molecule has 0 saturated carbocycles. The third kappa shape index (κ3) is 4.02. The Kier molecular flexibility index (Phi) is 5.00. The van der Waals surface area contributed by atoms with Crippen LogP contribution in [0, 0.1) is 11.7 Å². The van der Waals surface area contributed by atoms with Gasteiger partial charge in [0.15, 0.2) is 10.9 Å². The van der Waals surface area contributed by atoms with Gasteiger partial charge in [0, 0.05) is 56.5 Å². The Morgan fingerprint density at radius 2 is 2.04 bits per heavy atom. The highest BCUT2D eigenvalue weighted by atomic mass is 32.1. The van der Waals surface area contributed by atoms with Gasteiger partial charge in [0.2, 0.25) is 0 Å². The van der Waals surface area contributed by atoms with Crippen LogP contribution in [0.4, 0.5) is 18.3 Å². The number of hydrogen-bond acceptors (Lipinski definition) is 6. The standard InChI is InChI=1S/C15H18F3N5S/c1-19-14-22-7-12(24-14)9-23-3-2-15(17,18)10(8-23)4-13-20-5-11(16)6-21-13/h5-7,10H,2-4,8-9H2,1H3,(H,19,22). The number of piperidine rings is 1. The first kappa shape index (κ1) is 17.1. The van der Waals surface area contributed by atoms with Crippen LogP contribution in [0.1, 0.15) is 17.1 Å². The van der Waals surface area contributed by atoms with Crippen LogP contribution in [0.2, 0.25) is 0 Å². The van der Waals surface area contributed by atoms with Crippen LogP contribution in [0.15, 0.2) is 18.6 Å². The lowest BCUT2D eigenvalue weighted by Crippen LogP contribution is -2.47. The predicted molar refractivity (Wildman–Crippen MR) is 85.7 cm³/mol. The number of rotatable bonds is 5. The molecule has 1 unspecified atom stereocenters. The van der Waals surface area contributed by atoms with Crippen LogP contribution in [0.5, 0.6) is 0 Å². The molecular formula is C15H18F3N5S. The largest absolute Gasteiger partial charge is 0.365 e.